The van der Waals surface area contributed by atoms with Gasteiger partial charge in [0.25, 0.3) is 0 Å². The molecule has 0 aromatic heterocycles. The number of carboxylic acid groups (broad SMARTS) is 1. The highest BCUT2D eigenvalue weighted by Crippen LogP contribution is 2.26. The molecule has 1 saturated heterocycles. The number of hydrogen-bond donors (Lipinski definition) is 3. The first-order valence-electron chi connectivity index (χ1n) is 6.04. The molecule has 0 unspecified atom stereocenters. The van der Waals surface area contributed by atoms with Gasteiger partial charge in [0.2, 0.25) is 5.91 Å². The lowest BCUT2D eigenvalue weighted by Gasteiger charge is -2.15. The Morgan fingerprint density at radius 2 is 2.16 bits per heavy atom. The number of rotatable bonds is 3. The van der Waals surface area contributed by atoms with E-state index in [2.05, 4.69) is 10.6 Å². The quantitative estimate of drug-likeness (QED) is 0.790. The van der Waals surface area contributed by atoms with Crippen LogP contribution < -0.4 is 10.6 Å². The van der Waals surface area contributed by atoms with Crippen LogP contribution in [0.1, 0.15) is 17.3 Å². The van der Waals surface area contributed by atoms with E-state index >= 15 is 0 Å². The number of carbonyl (C=O) groups excluding carboxylic acids is 1. The maximum atomic E-state index is 12.1. The molecule has 5 nitrogen and oxygen atoms in total. The molecule has 102 valence electrons. The topological polar surface area (TPSA) is 78.4 Å². The van der Waals surface area contributed by atoms with Gasteiger partial charge in [0.05, 0.1) is 16.6 Å². The third-order valence-corrected chi connectivity index (χ3v) is 3.65. The largest absolute Gasteiger partial charge is 0.478 e. The average molecular weight is 283 g/mol. The van der Waals surface area contributed by atoms with Crippen LogP contribution in [0.2, 0.25) is 5.02 Å². The van der Waals surface area contributed by atoms with Gasteiger partial charge < -0.3 is 15.7 Å². The second-order valence-electron chi connectivity index (χ2n) is 4.70. The van der Waals surface area contributed by atoms with E-state index in [1.807, 2.05) is 6.92 Å². The monoisotopic (exact) mass is 282 g/mol. The van der Waals surface area contributed by atoms with E-state index in [-0.39, 0.29) is 34.0 Å². The zero-order valence-electron chi connectivity index (χ0n) is 10.4. The SMILES string of the molecule is C[C@@H]1CNC[C@H]1C(=O)Nc1cccc(Cl)c1C(=O)O. The molecule has 1 aliphatic rings. The number of anilines is 1. The second kappa shape index (κ2) is 5.59. The zero-order valence-corrected chi connectivity index (χ0v) is 11.2. The lowest BCUT2D eigenvalue weighted by molar-refractivity contribution is -0.120. The molecule has 1 aromatic carbocycles. The predicted octanol–water partition coefficient (Wildman–Crippen LogP) is 1.83. The molecular formula is C13H15ClN2O3. The van der Waals surface area contributed by atoms with Gasteiger partial charge in [-0.05, 0) is 24.6 Å². The fraction of sp³-hybridized carbons (Fsp3) is 0.385. The molecule has 0 saturated carbocycles. The van der Waals surface area contributed by atoms with Crippen molar-refractivity contribution in [2.24, 2.45) is 11.8 Å². The molecule has 3 N–H and O–H groups in total. The molecule has 2 rings (SSSR count). The Morgan fingerprint density at radius 1 is 1.42 bits per heavy atom. The van der Waals surface area contributed by atoms with Crippen molar-refractivity contribution in [2.75, 3.05) is 18.4 Å². The highest BCUT2D eigenvalue weighted by atomic mass is 35.5. The van der Waals surface area contributed by atoms with Crippen LogP contribution in [0, 0.1) is 11.8 Å². The fourth-order valence-electron chi connectivity index (χ4n) is 2.23. The van der Waals surface area contributed by atoms with Crippen LogP contribution in [0.4, 0.5) is 5.69 Å². The minimum absolute atomic E-state index is 0.0730. The summed E-state index contributed by atoms with van der Waals surface area (Å²) in [5.74, 6) is -1.26. The Balaban J connectivity index is 2.21. The molecule has 1 amide bonds. The minimum Gasteiger partial charge on any atom is -0.478 e. The number of carboxylic acids is 1. The number of aromatic carboxylic acids is 1. The van der Waals surface area contributed by atoms with E-state index in [0.717, 1.165) is 6.54 Å². The normalized spacial score (nSPS) is 22.2. The fourth-order valence-corrected chi connectivity index (χ4v) is 2.49. The van der Waals surface area contributed by atoms with E-state index in [4.69, 9.17) is 16.7 Å². The van der Waals surface area contributed by atoms with E-state index in [1.54, 1.807) is 12.1 Å². The lowest BCUT2D eigenvalue weighted by atomic mass is 9.97. The van der Waals surface area contributed by atoms with Gasteiger partial charge in [-0.2, -0.15) is 0 Å². The molecule has 0 spiro atoms. The van der Waals surface area contributed by atoms with Crippen LogP contribution in [0.5, 0.6) is 0 Å². The third-order valence-electron chi connectivity index (χ3n) is 3.34. The van der Waals surface area contributed by atoms with Crippen LogP contribution in [0.15, 0.2) is 18.2 Å². The summed E-state index contributed by atoms with van der Waals surface area (Å²) < 4.78 is 0. The Morgan fingerprint density at radius 3 is 2.74 bits per heavy atom. The second-order valence-corrected chi connectivity index (χ2v) is 5.11. The number of benzene rings is 1. The van der Waals surface area contributed by atoms with Crippen molar-refractivity contribution in [3.05, 3.63) is 28.8 Å². The summed E-state index contributed by atoms with van der Waals surface area (Å²) in [4.78, 5) is 23.3. The maximum Gasteiger partial charge on any atom is 0.339 e. The van der Waals surface area contributed by atoms with E-state index < -0.39 is 5.97 Å². The minimum atomic E-state index is -1.15. The highest BCUT2D eigenvalue weighted by Gasteiger charge is 2.30. The molecule has 0 radical (unpaired) electrons. The van der Waals surface area contributed by atoms with Crippen molar-refractivity contribution in [3.8, 4) is 0 Å². The van der Waals surface area contributed by atoms with Crippen LogP contribution in [0.25, 0.3) is 0 Å². The molecule has 1 aromatic rings. The molecule has 19 heavy (non-hydrogen) atoms. The Labute approximate surface area is 116 Å². The van der Waals surface area contributed by atoms with E-state index in [9.17, 15) is 9.59 Å². The molecule has 1 heterocycles. The van der Waals surface area contributed by atoms with E-state index in [1.165, 1.54) is 6.07 Å². The molecule has 0 bridgehead atoms. The van der Waals surface area contributed by atoms with Gasteiger partial charge in [0.1, 0.15) is 5.56 Å². The average Bonchev–Trinajstić information content (AvgIpc) is 2.75. The van der Waals surface area contributed by atoms with Crippen molar-refractivity contribution < 1.29 is 14.7 Å². The van der Waals surface area contributed by atoms with Crippen molar-refractivity contribution >= 4 is 29.2 Å². The van der Waals surface area contributed by atoms with Gasteiger partial charge >= 0.3 is 5.97 Å². The number of amides is 1. The van der Waals surface area contributed by atoms with Crippen molar-refractivity contribution in [2.45, 2.75) is 6.92 Å². The molecule has 0 aliphatic carbocycles. The van der Waals surface area contributed by atoms with Crippen LogP contribution in [0.3, 0.4) is 0 Å². The maximum absolute atomic E-state index is 12.1. The van der Waals surface area contributed by atoms with Crippen LogP contribution in [-0.2, 0) is 4.79 Å². The smallest absolute Gasteiger partial charge is 0.339 e. The van der Waals surface area contributed by atoms with Gasteiger partial charge in [-0.15, -0.1) is 0 Å². The highest BCUT2D eigenvalue weighted by molar-refractivity contribution is 6.34. The van der Waals surface area contributed by atoms with Crippen LogP contribution in [-0.4, -0.2) is 30.1 Å². The van der Waals surface area contributed by atoms with Crippen molar-refractivity contribution in [3.63, 3.8) is 0 Å². The Bertz CT molecular complexity index is 519. The number of nitrogens with one attached hydrogen (secondary N) is 2. The standard InChI is InChI=1S/C13H15ClN2O3/c1-7-5-15-6-8(7)12(17)16-10-4-2-3-9(14)11(10)13(18)19/h2-4,7-8,15H,5-6H2,1H3,(H,16,17)(H,18,19)/t7-,8-/m1/s1. The third kappa shape index (κ3) is 2.88. The molecular weight excluding hydrogens is 268 g/mol. The lowest BCUT2D eigenvalue weighted by Crippen LogP contribution is -2.28. The number of halogens is 1. The first-order chi connectivity index (χ1) is 9.00. The summed E-state index contributed by atoms with van der Waals surface area (Å²) in [7, 11) is 0. The van der Waals surface area contributed by atoms with Gasteiger partial charge in [0, 0.05) is 6.54 Å². The van der Waals surface area contributed by atoms with Crippen molar-refractivity contribution in [1.29, 1.82) is 0 Å². The molecule has 2 atom stereocenters. The molecule has 1 aliphatic heterocycles. The first-order valence-corrected chi connectivity index (χ1v) is 6.42. The number of carbonyl (C=O) groups is 2. The van der Waals surface area contributed by atoms with Crippen LogP contribution >= 0.6 is 11.6 Å². The Hall–Kier alpha value is -1.59. The van der Waals surface area contributed by atoms with Gasteiger partial charge in [-0.3, -0.25) is 4.79 Å². The summed E-state index contributed by atoms with van der Waals surface area (Å²) in [6, 6.07) is 4.64. The Kier molecular flexibility index (Phi) is 4.07. The predicted molar refractivity (Wildman–Crippen MR) is 72.6 cm³/mol. The summed E-state index contributed by atoms with van der Waals surface area (Å²) in [6.07, 6.45) is 0. The first kappa shape index (κ1) is 13.8. The van der Waals surface area contributed by atoms with Gasteiger partial charge in [-0.1, -0.05) is 24.6 Å². The van der Waals surface area contributed by atoms with Gasteiger partial charge in [-0.25, -0.2) is 4.79 Å². The summed E-state index contributed by atoms with van der Waals surface area (Å²) >= 11 is 5.85. The molecule has 6 heteroatoms. The molecule has 1 fully saturated rings. The number of hydrogen-bond acceptors (Lipinski definition) is 3. The van der Waals surface area contributed by atoms with Gasteiger partial charge in [0.15, 0.2) is 0 Å². The van der Waals surface area contributed by atoms with E-state index in [0.29, 0.717) is 6.54 Å². The summed E-state index contributed by atoms with van der Waals surface area (Å²) in [5, 5.41) is 15.0. The van der Waals surface area contributed by atoms with Crippen molar-refractivity contribution in [1.82, 2.24) is 5.32 Å². The zero-order chi connectivity index (χ0) is 14.0. The summed E-state index contributed by atoms with van der Waals surface area (Å²) in [6.45, 7) is 3.38. The summed E-state index contributed by atoms with van der Waals surface area (Å²) in [5.41, 5.74) is 0.167.